The number of carbonyl (C=O) groups excluding carboxylic acids is 1. The molecule has 0 bridgehead atoms. The summed E-state index contributed by atoms with van der Waals surface area (Å²) in [6, 6.07) is 6.50. The van der Waals surface area contributed by atoms with Crippen molar-refractivity contribution in [3.05, 3.63) is 29.8 Å². The lowest BCUT2D eigenvalue weighted by Crippen LogP contribution is -2.38. The van der Waals surface area contributed by atoms with Gasteiger partial charge in [-0.05, 0) is 45.4 Å². The Hall–Kier alpha value is -1.55. The summed E-state index contributed by atoms with van der Waals surface area (Å²) in [5, 5.41) is 12.2. The number of benzene rings is 1. The molecular formula is C14H21NO3. The molecule has 0 aliphatic carbocycles. The smallest absolute Gasteiger partial charge is 0.323 e. The topological polar surface area (TPSA) is 58.6 Å². The molecule has 0 saturated carbocycles. The highest BCUT2D eigenvalue weighted by Gasteiger charge is 2.21. The van der Waals surface area contributed by atoms with Gasteiger partial charge in [-0.3, -0.25) is 4.79 Å². The molecule has 0 aliphatic rings. The predicted octanol–water partition coefficient (Wildman–Crippen LogP) is 2.21. The first-order chi connectivity index (χ1) is 8.28. The van der Waals surface area contributed by atoms with E-state index in [0.717, 1.165) is 5.56 Å². The number of carbonyl (C=O) groups is 1. The summed E-state index contributed by atoms with van der Waals surface area (Å²) in [6.07, 6.45) is 0. The van der Waals surface area contributed by atoms with Crippen LogP contribution in [0.4, 0.5) is 0 Å². The van der Waals surface area contributed by atoms with Crippen molar-refractivity contribution in [1.82, 2.24) is 5.32 Å². The molecule has 4 nitrogen and oxygen atoms in total. The maximum Gasteiger partial charge on any atom is 0.323 e. The number of hydrogen-bond acceptors (Lipinski definition) is 4. The van der Waals surface area contributed by atoms with Gasteiger partial charge in [-0.1, -0.05) is 12.1 Å². The predicted molar refractivity (Wildman–Crippen MR) is 70.3 cm³/mol. The van der Waals surface area contributed by atoms with Gasteiger partial charge in [0.2, 0.25) is 0 Å². The van der Waals surface area contributed by atoms with Crippen LogP contribution in [0.25, 0.3) is 0 Å². The van der Waals surface area contributed by atoms with Crippen LogP contribution in [-0.2, 0) is 16.1 Å². The molecule has 1 aromatic rings. The van der Waals surface area contributed by atoms with E-state index in [2.05, 4.69) is 5.32 Å². The first kappa shape index (κ1) is 14.5. The summed E-state index contributed by atoms with van der Waals surface area (Å²) >= 11 is 0. The minimum atomic E-state index is -0.467. The number of esters is 1. The van der Waals surface area contributed by atoms with Crippen LogP contribution in [0, 0.1) is 0 Å². The van der Waals surface area contributed by atoms with Crippen molar-refractivity contribution in [3.8, 4) is 5.75 Å². The minimum Gasteiger partial charge on any atom is -0.508 e. The van der Waals surface area contributed by atoms with Gasteiger partial charge >= 0.3 is 5.97 Å². The Kier molecular flexibility index (Phi) is 4.73. The van der Waals surface area contributed by atoms with Gasteiger partial charge in [0.25, 0.3) is 0 Å². The zero-order valence-corrected chi connectivity index (χ0v) is 11.4. The molecule has 18 heavy (non-hydrogen) atoms. The largest absolute Gasteiger partial charge is 0.508 e. The van der Waals surface area contributed by atoms with Crippen LogP contribution in [0.2, 0.25) is 0 Å². The van der Waals surface area contributed by atoms with Crippen molar-refractivity contribution in [2.75, 3.05) is 0 Å². The highest BCUT2D eigenvalue weighted by molar-refractivity contribution is 5.75. The fourth-order valence-corrected chi connectivity index (χ4v) is 1.36. The average molecular weight is 251 g/mol. The van der Waals surface area contributed by atoms with Crippen LogP contribution in [-0.4, -0.2) is 22.7 Å². The van der Waals surface area contributed by atoms with Gasteiger partial charge in [0, 0.05) is 6.54 Å². The van der Waals surface area contributed by atoms with Crippen molar-refractivity contribution in [2.24, 2.45) is 0 Å². The van der Waals surface area contributed by atoms with Gasteiger partial charge in [-0.25, -0.2) is 0 Å². The third kappa shape index (κ3) is 5.19. The molecule has 0 aliphatic heterocycles. The molecule has 1 unspecified atom stereocenters. The van der Waals surface area contributed by atoms with E-state index in [0.29, 0.717) is 6.54 Å². The molecule has 0 saturated heterocycles. The number of nitrogens with one attached hydrogen (secondary N) is 1. The van der Waals surface area contributed by atoms with Crippen LogP contribution < -0.4 is 5.32 Å². The summed E-state index contributed by atoms with van der Waals surface area (Å²) in [5.41, 5.74) is 0.536. The fourth-order valence-electron chi connectivity index (χ4n) is 1.36. The lowest BCUT2D eigenvalue weighted by Gasteiger charge is -2.22. The Morgan fingerprint density at radius 3 is 2.39 bits per heavy atom. The van der Waals surface area contributed by atoms with E-state index in [9.17, 15) is 4.79 Å². The second-order valence-electron chi connectivity index (χ2n) is 5.30. The molecule has 0 aromatic heterocycles. The summed E-state index contributed by atoms with van der Waals surface area (Å²) < 4.78 is 5.27. The van der Waals surface area contributed by atoms with E-state index in [1.54, 1.807) is 19.1 Å². The summed E-state index contributed by atoms with van der Waals surface area (Å²) in [7, 11) is 0. The van der Waals surface area contributed by atoms with Crippen molar-refractivity contribution in [3.63, 3.8) is 0 Å². The van der Waals surface area contributed by atoms with Crippen LogP contribution in [0.5, 0.6) is 5.75 Å². The van der Waals surface area contributed by atoms with Crippen molar-refractivity contribution in [1.29, 1.82) is 0 Å². The summed E-state index contributed by atoms with van der Waals surface area (Å²) in [4.78, 5) is 11.7. The highest BCUT2D eigenvalue weighted by Crippen LogP contribution is 2.11. The van der Waals surface area contributed by atoms with Gasteiger partial charge in [-0.2, -0.15) is 0 Å². The van der Waals surface area contributed by atoms with E-state index in [4.69, 9.17) is 9.84 Å². The summed E-state index contributed by atoms with van der Waals surface area (Å²) in [5.74, 6) is -0.0276. The van der Waals surface area contributed by atoms with E-state index in [1.807, 2.05) is 32.9 Å². The van der Waals surface area contributed by atoms with Crippen molar-refractivity contribution in [2.45, 2.75) is 45.9 Å². The zero-order valence-electron chi connectivity index (χ0n) is 11.4. The first-order valence-electron chi connectivity index (χ1n) is 6.02. The highest BCUT2D eigenvalue weighted by atomic mass is 16.6. The van der Waals surface area contributed by atoms with Gasteiger partial charge in [0.1, 0.15) is 17.4 Å². The van der Waals surface area contributed by atoms with E-state index >= 15 is 0 Å². The number of ether oxygens (including phenoxy) is 1. The minimum absolute atomic E-state index is 0.235. The molecule has 0 spiro atoms. The second kappa shape index (κ2) is 5.87. The number of hydrogen-bond donors (Lipinski definition) is 2. The molecule has 1 aromatic carbocycles. The Bertz CT molecular complexity index is 392. The average Bonchev–Trinajstić information content (AvgIpc) is 2.25. The first-order valence-corrected chi connectivity index (χ1v) is 6.02. The normalized spacial score (nSPS) is 13.1. The van der Waals surface area contributed by atoms with Gasteiger partial charge < -0.3 is 15.2 Å². The van der Waals surface area contributed by atoms with Crippen LogP contribution in [0.3, 0.4) is 0 Å². The molecule has 0 heterocycles. The number of rotatable bonds is 4. The van der Waals surface area contributed by atoms with Crippen LogP contribution >= 0.6 is 0 Å². The Morgan fingerprint density at radius 1 is 1.33 bits per heavy atom. The Balaban J connectivity index is 2.43. The molecule has 0 amide bonds. The van der Waals surface area contributed by atoms with Crippen molar-refractivity contribution >= 4 is 5.97 Å². The molecular weight excluding hydrogens is 230 g/mol. The van der Waals surface area contributed by atoms with Gasteiger partial charge in [0.15, 0.2) is 0 Å². The molecule has 0 radical (unpaired) electrons. The van der Waals surface area contributed by atoms with E-state index in [-0.39, 0.29) is 17.8 Å². The SMILES string of the molecule is CC(NCc1ccc(O)cc1)C(=O)OC(C)(C)C. The molecule has 0 fully saturated rings. The molecule has 1 atom stereocenters. The number of phenolic OH excluding ortho intramolecular Hbond substituents is 1. The van der Waals surface area contributed by atoms with E-state index < -0.39 is 5.60 Å². The Morgan fingerprint density at radius 2 is 1.89 bits per heavy atom. The quantitative estimate of drug-likeness (QED) is 0.806. The van der Waals surface area contributed by atoms with Gasteiger partial charge in [0.05, 0.1) is 0 Å². The maximum atomic E-state index is 11.7. The van der Waals surface area contributed by atoms with Gasteiger partial charge in [-0.15, -0.1) is 0 Å². The van der Waals surface area contributed by atoms with Crippen LogP contribution in [0.15, 0.2) is 24.3 Å². The lowest BCUT2D eigenvalue weighted by molar-refractivity contribution is -0.157. The number of phenols is 1. The lowest BCUT2D eigenvalue weighted by atomic mass is 10.2. The van der Waals surface area contributed by atoms with E-state index in [1.165, 1.54) is 0 Å². The second-order valence-corrected chi connectivity index (χ2v) is 5.30. The molecule has 100 valence electrons. The Labute approximate surface area is 108 Å². The standard InChI is InChI=1S/C14H21NO3/c1-10(13(17)18-14(2,3)4)15-9-11-5-7-12(16)8-6-11/h5-8,10,15-16H,9H2,1-4H3. The molecule has 1 rings (SSSR count). The third-order valence-electron chi connectivity index (χ3n) is 2.31. The monoisotopic (exact) mass is 251 g/mol. The third-order valence-corrected chi connectivity index (χ3v) is 2.31. The maximum absolute atomic E-state index is 11.7. The molecule has 2 N–H and O–H groups in total. The molecule has 4 heteroatoms. The fraction of sp³-hybridized carbons (Fsp3) is 0.500. The van der Waals surface area contributed by atoms with Crippen molar-refractivity contribution < 1.29 is 14.6 Å². The van der Waals surface area contributed by atoms with Crippen LogP contribution in [0.1, 0.15) is 33.3 Å². The summed E-state index contributed by atoms with van der Waals surface area (Å²) in [6.45, 7) is 7.86. The number of aromatic hydroxyl groups is 1. The zero-order chi connectivity index (χ0) is 13.8.